The number of carbonyl (C=O) groups is 1. The summed E-state index contributed by atoms with van der Waals surface area (Å²) in [6, 6.07) is -0.567. The van der Waals surface area contributed by atoms with Crippen molar-refractivity contribution in [3.05, 3.63) is 0 Å². The fraction of sp³-hybridized carbons (Fsp3) is 0.500. The van der Waals surface area contributed by atoms with Gasteiger partial charge in [-0.25, -0.2) is 16.1 Å². The van der Waals surface area contributed by atoms with E-state index in [1.807, 2.05) is 5.48 Å². The molecule has 0 aliphatic carbocycles. The molecular formula is C2H7N3O2. The highest BCUT2D eigenvalue weighted by Gasteiger charge is 1.87. The van der Waals surface area contributed by atoms with E-state index in [9.17, 15) is 4.79 Å². The second-order valence-corrected chi connectivity index (χ2v) is 0.780. The maximum absolute atomic E-state index is 9.94. The molecule has 5 nitrogen and oxygen atoms in total. The number of carbonyl (C=O) groups excluding carboxylic acids is 1. The summed E-state index contributed by atoms with van der Waals surface area (Å²) < 4.78 is 0. The van der Waals surface area contributed by atoms with E-state index in [1.54, 1.807) is 5.43 Å². The fourth-order valence-electron chi connectivity index (χ4n) is 0.122. The number of rotatable bonds is 1. The number of nitrogens with one attached hydrogen (secondary N) is 2. The van der Waals surface area contributed by atoms with Gasteiger partial charge in [-0.15, -0.1) is 0 Å². The molecule has 0 radical (unpaired) electrons. The van der Waals surface area contributed by atoms with Gasteiger partial charge in [-0.2, -0.15) is 0 Å². The Hall–Kier alpha value is -0.810. The maximum atomic E-state index is 9.94. The SMILES string of the molecule is CONC(=O)NN. The van der Waals surface area contributed by atoms with Crippen molar-refractivity contribution in [2.45, 2.75) is 0 Å². The summed E-state index contributed by atoms with van der Waals surface area (Å²) in [5, 5.41) is 0. The van der Waals surface area contributed by atoms with E-state index in [4.69, 9.17) is 0 Å². The van der Waals surface area contributed by atoms with Crippen LogP contribution in [0.2, 0.25) is 0 Å². The highest BCUT2D eigenvalue weighted by molar-refractivity contribution is 5.71. The van der Waals surface area contributed by atoms with E-state index < -0.39 is 6.03 Å². The van der Waals surface area contributed by atoms with E-state index in [-0.39, 0.29) is 0 Å². The summed E-state index contributed by atoms with van der Waals surface area (Å²) in [6.45, 7) is 0. The van der Waals surface area contributed by atoms with Crippen LogP contribution in [0.1, 0.15) is 0 Å². The zero-order valence-corrected chi connectivity index (χ0v) is 3.89. The lowest BCUT2D eigenvalue weighted by Gasteiger charge is -1.96. The van der Waals surface area contributed by atoms with Gasteiger partial charge in [-0.1, -0.05) is 0 Å². The van der Waals surface area contributed by atoms with Crippen molar-refractivity contribution in [1.82, 2.24) is 10.9 Å². The summed E-state index contributed by atoms with van der Waals surface area (Å²) in [5.41, 5.74) is 3.71. The minimum Gasteiger partial charge on any atom is -0.275 e. The minimum absolute atomic E-state index is 0.567. The summed E-state index contributed by atoms with van der Waals surface area (Å²) in [5.74, 6) is 4.62. The van der Waals surface area contributed by atoms with Crippen molar-refractivity contribution in [3.63, 3.8) is 0 Å². The Labute approximate surface area is 40.7 Å². The molecule has 0 bridgehead atoms. The molecule has 0 heterocycles. The summed E-state index contributed by atoms with van der Waals surface area (Å²) in [6.07, 6.45) is 0. The standard InChI is InChI=1S/C2H7N3O2/c1-7-5-2(6)4-3/h3H2,1H3,(H2,4,5,6). The molecule has 7 heavy (non-hydrogen) atoms. The molecular weight excluding hydrogens is 98.0 g/mol. The first kappa shape index (κ1) is 6.19. The monoisotopic (exact) mass is 105 g/mol. The molecule has 0 aromatic heterocycles. The Balaban J connectivity index is 3.00. The Kier molecular flexibility index (Phi) is 2.99. The van der Waals surface area contributed by atoms with E-state index in [0.29, 0.717) is 0 Å². The highest BCUT2D eigenvalue weighted by atomic mass is 16.6. The number of hydroxylamine groups is 1. The van der Waals surface area contributed by atoms with Crippen molar-refractivity contribution in [2.75, 3.05) is 7.11 Å². The van der Waals surface area contributed by atoms with Crippen molar-refractivity contribution in [1.29, 1.82) is 0 Å². The number of nitrogens with two attached hydrogens (primary N) is 1. The van der Waals surface area contributed by atoms with Gasteiger partial charge >= 0.3 is 6.03 Å². The Morgan fingerprint density at radius 2 is 2.43 bits per heavy atom. The molecule has 42 valence electrons. The smallest absolute Gasteiger partial charge is 0.275 e. The molecule has 0 saturated heterocycles. The first-order chi connectivity index (χ1) is 3.31. The molecule has 0 spiro atoms. The summed E-state index contributed by atoms with van der Waals surface area (Å²) in [7, 11) is 1.31. The predicted molar refractivity (Wildman–Crippen MR) is 22.9 cm³/mol. The third-order valence-corrected chi connectivity index (χ3v) is 0.326. The molecule has 4 N–H and O–H groups in total. The predicted octanol–water partition coefficient (Wildman–Crippen LogP) is -1.28. The molecule has 0 fully saturated rings. The first-order valence-corrected chi connectivity index (χ1v) is 1.61. The minimum atomic E-state index is -0.567. The Morgan fingerprint density at radius 3 is 2.57 bits per heavy atom. The van der Waals surface area contributed by atoms with Gasteiger partial charge in [0, 0.05) is 0 Å². The summed E-state index contributed by atoms with van der Waals surface area (Å²) in [4.78, 5) is 14.1. The molecule has 0 aromatic carbocycles. The molecule has 0 unspecified atom stereocenters. The van der Waals surface area contributed by atoms with Gasteiger partial charge in [-0.05, 0) is 0 Å². The Morgan fingerprint density at radius 1 is 1.86 bits per heavy atom. The van der Waals surface area contributed by atoms with Gasteiger partial charge in [0.05, 0.1) is 7.11 Å². The number of amides is 2. The fourth-order valence-corrected chi connectivity index (χ4v) is 0.122. The normalized spacial score (nSPS) is 7.71. The van der Waals surface area contributed by atoms with Crippen molar-refractivity contribution in [2.24, 2.45) is 5.84 Å². The average molecular weight is 105 g/mol. The molecule has 5 heteroatoms. The lowest BCUT2D eigenvalue weighted by atomic mass is 11.1. The summed E-state index contributed by atoms with van der Waals surface area (Å²) >= 11 is 0. The average Bonchev–Trinajstić information content (AvgIpc) is 1.68. The number of hydrazine groups is 1. The van der Waals surface area contributed by atoms with E-state index in [2.05, 4.69) is 10.7 Å². The molecule has 0 aliphatic rings. The molecule has 0 atom stereocenters. The second-order valence-electron chi connectivity index (χ2n) is 0.780. The molecule has 0 rings (SSSR count). The zero-order valence-electron chi connectivity index (χ0n) is 3.89. The van der Waals surface area contributed by atoms with E-state index in [1.165, 1.54) is 7.11 Å². The third kappa shape index (κ3) is 3.01. The van der Waals surface area contributed by atoms with Gasteiger partial charge < -0.3 is 0 Å². The number of urea groups is 1. The van der Waals surface area contributed by atoms with Crippen LogP contribution in [0, 0.1) is 0 Å². The van der Waals surface area contributed by atoms with Crippen molar-refractivity contribution < 1.29 is 9.63 Å². The number of hydrogen-bond donors (Lipinski definition) is 3. The van der Waals surface area contributed by atoms with Gasteiger partial charge in [-0.3, -0.25) is 10.3 Å². The van der Waals surface area contributed by atoms with Crippen LogP contribution >= 0.6 is 0 Å². The van der Waals surface area contributed by atoms with Crippen LogP contribution in [0.3, 0.4) is 0 Å². The molecule has 0 aliphatic heterocycles. The molecule has 0 saturated carbocycles. The maximum Gasteiger partial charge on any atom is 0.352 e. The van der Waals surface area contributed by atoms with Gasteiger partial charge in [0.1, 0.15) is 0 Å². The third-order valence-electron chi connectivity index (χ3n) is 0.326. The van der Waals surface area contributed by atoms with Crippen LogP contribution < -0.4 is 16.7 Å². The van der Waals surface area contributed by atoms with E-state index in [0.717, 1.165) is 0 Å². The van der Waals surface area contributed by atoms with Gasteiger partial charge in [0.15, 0.2) is 0 Å². The van der Waals surface area contributed by atoms with Crippen LogP contribution in [0.4, 0.5) is 4.79 Å². The zero-order chi connectivity index (χ0) is 5.70. The lowest BCUT2D eigenvalue weighted by molar-refractivity contribution is 0.107. The lowest BCUT2D eigenvalue weighted by Crippen LogP contribution is -2.39. The topological polar surface area (TPSA) is 76.4 Å². The number of hydrogen-bond acceptors (Lipinski definition) is 3. The quantitative estimate of drug-likeness (QED) is 0.221. The van der Waals surface area contributed by atoms with E-state index >= 15 is 0 Å². The van der Waals surface area contributed by atoms with Crippen LogP contribution in [-0.4, -0.2) is 13.1 Å². The van der Waals surface area contributed by atoms with Crippen LogP contribution in [0.25, 0.3) is 0 Å². The second kappa shape index (κ2) is 3.38. The highest BCUT2D eigenvalue weighted by Crippen LogP contribution is 1.53. The molecule has 2 amide bonds. The Bertz CT molecular complexity index is 64.0. The van der Waals surface area contributed by atoms with Crippen LogP contribution in [-0.2, 0) is 4.84 Å². The van der Waals surface area contributed by atoms with Crippen molar-refractivity contribution in [3.8, 4) is 0 Å². The van der Waals surface area contributed by atoms with Crippen molar-refractivity contribution >= 4 is 6.03 Å². The molecule has 0 aromatic rings. The van der Waals surface area contributed by atoms with Gasteiger partial charge in [0.2, 0.25) is 0 Å². The van der Waals surface area contributed by atoms with Crippen LogP contribution in [0.15, 0.2) is 0 Å². The largest absolute Gasteiger partial charge is 0.352 e. The van der Waals surface area contributed by atoms with Gasteiger partial charge in [0.25, 0.3) is 0 Å². The first-order valence-electron chi connectivity index (χ1n) is 1.61. The van der Waals surface area contributed by atoms with Crippen LogP contribution in [0.5, 0.6) is 0 Å².